The smallest absolute Gasteiger partial charge is 0.321 e. The Morgan fingerprint density at radius 3 is 2.58 bits per heavy atom. The van der Waals surface area contributed by atoms with Gasteiger partial charge in [-0.25, -0.2) is 17.9 Å². The Morgan fingerprint density at radius 2 is 1.88 bits per heavy atom. The van der Waals surface area contributed by atoms with Gasteiger partial charge in [0.1, 0.15) is 0 Å². The van der Waals surface area contributed by atoms with Crippen molar-refractivity contribution in [3.05, 3.63) is 72.3 Å². The number of carbonyl (C=O) groups excluding carboxylic acids is 2. The highest BCUT2D eigenvalue weighted by Gasteiger charge is 2.28. The van der Waals surface area contributed by atoms with Gasteiger partial charge >= 0.3 is 6.03 Å². The molecule has 0 spiro atoms. The predicted molar refractivity (Wildman–Crippen MR) is 130 cm³/mol. The van der Waals surface area contributed by atoms with Gasteiger partial charge in [-0.15, -0.1) is 6.58 Å². The fraction of sp³-hybridized carbons (Fsp3) is 0.333. The van der Waals surface area contributed by atoms with Gasteiger partial charge in [-0.2, -0.15) is 0 Å². The summed E-state index contributed by atoms with van der Waals surface area (Å²) in [7, 11) is -3.44. The summed E-state index contributed by atoms with van der Waals surface area (Å²) in [6.07, 6.45) is 2.92. The highest BCUT2D eigenvalue weighted by atomic mass is 32.2. The lowest BCUT2D eigenvalue weighted by molar-refractivity contribution is -0.121. The van der Waals surface area contributed by atoms with Crippen molar-refractivity contribution in [3.8, 4) is 0 Å². The van der Waals surface area contributed by atoms with E-state index in [9.17, 15) is 18.0 Å². The van der Waals surface area contributed by atoms with Crippen LogP contribution in [-0.2, 0) is 20.6 Å². The van der Waals surface area contributed by atoms with E-state index in [1.165, 1.54) is 6.08 Å². The van der Waals surface area contributed by atoms with Gasteiger partial charge in [0, 0.05) is 31.0 Å². The molecule has 0 aromatic heterocycles. The third-order valence-corrected chi connectivity index (χ3v) is 6.69. The van der Waals surface area contributed by atoms with Crippen molar-refractivity contribution in [1.82, 2.24) is 9.62 Å². The molecule has 3 N–H and O–H groups in total. The fourth-order valence-electron chi connectivity index (χ4n) is 3.69. The number of anilines is 2. The number of rotatable bonds is 8. The van der Waals surface area contributed by atoms with Crippen molar-refractivity contribution in [1.29, 1.82) is 0 Å². The first-order chi connectivity index (χ1) is 15.8. The Balaban J connectivity index is 1.54. The molecule has 1 aliphatic rings. The van der Waals surface area contributed by atoms with Gasteiger partial charge in [-0.05, 0) is 55.2 Å². The number of nitrogens with one attached hydrogen (secondary N) is 3. The van der Waals surface area contributed by atoms with Gasteiger partial charge in [0.15, 0.2) is 0 Å². The summed E-state index contributed by atoms with van der Waals surface area (Å²) >= 11 is 0. The third-order valence-electron chi connectivity index (χ3n) is 5.37. The quantitative estimate of drug-likeness (QED) is 0.513. The van der Waals surface area contributed by atoms with E-state index in [-0.39, 0.29) is 30.2 Å². The average molecular weight is 471 g/mol. The number of piperidine rings is 1. The Kier molecular flexibility index (Phi) is 8.24. The lowest BCUT2D eigenvalue weighted by atomic mass is 9.97. The summed E-state index contributed by atoms with van der Waals surface area (Å²) < 4.78 is 26.4. The Labute approximate surface area is 195 Å². The molecule has 3 rings (SSSR count). The second-order valence-electron chi connectivity index (χ2n) is 8.17. The number of hydrogen-bond acceptors (Lipinski definition) is 4. The van der Waals surface area contributed by atoms with E-state index in [1.54, 1.807) is 29.2 Å². The zero-order valence-electron chi connectivity index (χ0n) is 18.7. The molecule has 1 saturated heterocycles. The van der Waals surface area contributed by atoms with Crippen molar-refractivity contribution in [2.45, 2.75) is 25.5 Å². The summed E-state index contributed by atoms with van der Waals surface area (Å²) in [5, 5.41) is 5.77. The number of amides is 3. The third kappa shape index (κ3) is 7.44. The van der Waals surface area contributed by atoms with Crippen LogP contribution in [0, 0.1) is 12.8 Å². The molecule has 0 bridgehead atoms. The van der Waals surface area contributed by atoms with Crippen molar-refractivity contribution in [3.63, 3.8) is 0 Å². The highest BCUT2D eigenvalue weighted by Crippen LogP contribution is 2.21. The van der Waals surface area contributed by atoms with Gasteiger partial charge in [0.05, 0.1) is 11.7 Å². The number of benzene rings is 2. The van der Waals surface area contributed by atoms with Crippen LogP contribution in [0.15, 0.2) is 61.2 Å². The maximum absolute atomic E-state index is 12.8. The molecule has 0 aliphatic carbocycles. The lowest BCUT2D eigenvalue weighted by Gasteiger charge is -2.32. The van der Waals surface area contributed by atoms with Crippen LogP contribution in [0.4, 0.5) is 16.2 Å². The van der Waals surface area contributed by atoms with E-state index in [1.807, 2.05) is 31.2 Å². The first kappa shape index (κ1) is 24.5. The van der Waals surface area contributed by atoms with Crippen LogP contribution in [0.2, 0.25) is 0 Å². The summed E-state index contributed by atoms with van der Waals surface area (Å²) in [4.78, 5) is 27.1. The van der Waals surface area contributed by atoms with Crippen molar-refractivity contribution in [2.24, 2.45) is 5.92 Å². The van der Waals surface area contributed by atoms with E-state index >= 15 is 0 Å². The molecule has 0 saturated carbocycles. The monoisotopic (exact) mass is 470 g/mol. The normalized spacial score (nSPS) is 16.2. The SMILES string of the molecule is C=CCNS(=O)(=O)Cc1ccc(NC(=O)C2CCCN(C(=O)Nc3cccc(C)c3)C2)cc1. The topological polar surface area (TPSA) is 108 Å². The van der Waals surface area contributed by atoms with Gasteiger partial charge in [0.25, 0.3) is 0 Å². The minimum absolute atomic E-state index is 0.150. The van der Waals surface area contributed by atoms with Crippen molar-refractivity contribution >= 4 is 33.3 Å². The molecule has 2 aromatic carbocycles. The minimum atomic E-state index is -3.44. The van der Waals surface area contributed by atoms with Crippen molar-refractivity contribution in [2.75, 3.05) is 30.3 Å². The number of hydrogen-bond donors (Lipinski definition) is 3. The molecule has 1 fully saturated rings. The van der Waals surface area contributed by atoms with E-state index < -0.39 is 10.0 Å². The van der Waals surface area contributed by atoms with E-state index in [0.29, 0.717) is 30.8 Å². The molecule has 8 nitrogen and oxygen atoms in total. The molecule has 1 unspecified atom stereocenters. The van der Waals surface area contributed by atoms with Gasteiger partial charge in [0.2, 0.25) is 15.9 Å². The molecule has 1 atom stereocenters. The molecule has 1 heterocycles. The number of sulfonamides is 1. The second kappa shape index (κ2) is 11.1. The number of nitrogens with zero attached hydrogens (tertiary/aromatic N) is 1. The van der Waals surface area contributed by atoms with Crippen LogP contribution >= 0.6 is 0 Å². The predicted octanol–water partition coefficient (Wildman–Crippen LogP) is 3.48. The zero-order chi connectivity index (χ0) is 23.8. The number of likely N-dealkylation sites (tertiary alicyclic amines) is 1. The van der Waals surface area contributed by atoms with Gasteiger partial charge in [-0.3, -0.25) is 4.79 Å². The molecule has 2 aromatic rings. The van der Waals surface area contributed by atoms with Crippen molar-refractivity contribution < 1.29 is 18.0 Å². The fourth-order valence-corrected chi connectivity index (χ4v) is 4.79. The molecular formula is C24H30N4O4S. The summed E-state index contributed by atoms with van der Waals surface area (Å²) in [5.41, 5.74) is 2.98. The first-order valence-corrected chi connectivity index (χ1v) is 12.5. The molecule has 176 valence electrons. The summed E-state index contributed by atoms with van der Waals surface area (Å²) in [6, 6.07) is 14.1. The first-order valence-electron chi connectivity index (χ1n) is 10.9. The van der Waals surface area contributed by atoms with Crippen LogP contribution in [0.5, 0.6) is 0 Å². The molecule has 9 heteroatoms. The highest BCUT2D eigenvalue weighted by molar-refractivity contribution is 7.88. The van der Waals surface area contributed by atoms with Crippen LogP contribution in [0.25, 0.3) is 0 Å². The van der Waals surface area contributed by atoms with E-state index in [0.717, 1.165) is 17.7 Å². The largest absolute Gasteiger partial charge is 0.326 e. The van der Waals surface area contributed by atoms with E-state index in [4.69, 9.17) is 0 Å². The Morgan fingerprint density at radius 1 is 1.12 bits per heavy atom. The zero-order valence-corrected chi connectivity index (χ0v) is 19.5. The summed E-state index contributed by atoms with van der Waals surface area (Å²) in [6.45, 7) is 6.57. The van der Waals surface area contributed by atoms with Crippen LogP contribution < -0.4 is 15.4 Å². The number of urea groups is 1. The number of carbonyl (C=O) groups is 2. The summed E-state index contributed by atoms with van der Waals surface area (Å²) in [5.74, 6) is -0.621. The maximum atomic E-state index is 12.8. The average Bonchev–Trinajstić information content (AvgIpc) is 2.79. The standard InChI is InChI=1S/C24H30N4O4S/c1-3-13-25-33(31,32)17-19-9-11-21(12-10-19)26-23(29)20-7-5-14-28(16-20)24(30)27-22-8-4-6-18(2)15-22/h3-4,6,8-12,15,20,25H,1,5,7,13-14,16-17H2,2H3,(H,26,29)(H,27,30). The molecule has 1 aliphatic heterocycles. The lowest BCUT2D eigenvalue weighted by Crippen LogP contribution is -2.45. The van der Waals surface area contributed by atoms with Crippen LogP contribution in [0.1, 0.15) is 24.0 Å². The second-order valence-corrected chi connectivity index (χ2v) is 9.97. The Bertz CT molecular complexity index is 1100. The minimum Gasteiger partial charge on any atom is -0.326 e. The Hall–Kier alpha value is -3.17. The van der Waals surface area contributed by atoms with Crippen LogP contribution in [-0.4, -0.2) is 44.9 Å². The maximum Gasteiger partial charge on any atom is 0.321 e. The molecule has 3 amide bonds. The van der Waals surface area contributed by atoms with Gasteiger partial charge in [-0.1, -0.05) is 30.3 Å². The number of aryl methyl sites for hydroxylation is 1. The van der Waals surface area contributed by atoms with E-state index in [2.05, 4.69) is 21.9 Å². The molecule has 33 heavy (non-hydrogen) atoms. The molecule has 0 radical (unpaired) electrons. The molecular weight excluding hydrogens is 440 g/mol. The van der Waals surface area contributed by atoms with Gasteiger partial charge < -0.3 is 15.5 Å². The van der Waals surface area contributed by atoms with Crippen LogP contribution in [0.3, 0.4) is 0 Å².